The van der Waals surface area contributed by atoms with Gasteiger partial charge in [-0.2, -0.15) is 0 Å². The van der Waals surface area contributed by atoms with Crippen LogP contribution in [0.4, 0.5) is 11.4 Å². The van der Waals surface area contributed by atoms with Gasteiger partial charge in [0.25, 0.3) is 0 Å². The Balaban J connectivity index is 2.51. The van der Waals surface area contributed by atoms with Gasteiger partial charge in [0.15, 0.2) is 0 Å². The minimum atomic E-state index is -0.184. The number of aliphatic hydroxyl groups is 1. The highest BCUT2D eigenvalue weighted by atomic mass is 16.3. The van der Waals surface area contributed by atoms with Gasteiger partial charge in [-0.05, 0) is 38.5 Å². The third kappa shape index (κ3) is 2.00. The maximum Gasteiger partial charge on any atom is 0.246 e. The van der Waals surface area contributed by atoms with Gasteiger partial charge in [-0.25, -0.2) is 0 Å². The van der Waals surface area contributed by atoms with Crippen molar-refractivity contribution in [2.24, 2.45) is 0 Å². The number of nitrogens with one attached hydrogen (secondary N) is 1. The van der Waals surface area contributed by atoms with E-state index in [1.165, 1.54) is 0 Å². The Hall–Kier alpha value is -1.55. The number of amides is 1. The molecule has 1 atom stereocenters. The van der Waals surface area contributed by atoms with Crippen molar-refractivity contribution in [3.8, 4) is 0 Å². The molecule has 4 nitrogen and oxygen atoms in total. The zero-order valence-electron chi connectivity index (χ0n) is 10.4. The summed E-state index contributed by atoms with van der Waals surface area (Å²) < 4.78 is 0. The molecule has 1 aliphatic rings. The molecule has 0 saturated heterocycles. The standard InChI is InChI=1S/C13H18N2O2/c1-8(2)15-9(3)13(17)14-11-5-4-10(7-16)6-12(11)15/h4-6,8-9,16H,7H2,1-3H3,(H,14,17). The maximum atomic E-state index is 11.8. The Labute approximate surface area is 101 Å². The van der Waals surface area contributed by atoms with Gasteiger partial charge in [0, 0.05) is 6.04 Å². The second kappa shape index (κ2) is 4.37. The molecule has 1 amide bonds. The molecular formula is C13H18N2O2. The van der Waals surface area contributed by atoms with Crippen LogP contribution in [0.3, 0.4) is 0 Å². The summed E-state index contributed by atoms with van der Waals surface area (Å²) in [7, 11) is 0. The summed E-state index contributed by atoms with van der Waals surface area (Å²) in [5.41, 5.74) is 2.66. The normalized spacial score (nSPS) is 19.2. The molecule has 1 heterocycles. The molecule has 1 unspecified atom stereocenters. The molecule has 0 bridgehead atoms. The average molecular weight is 234 g/mol. The molecule has 1 aromatic carbocycles. The maximum absolute atomic E-state index is 11.8. The SMILES string of the molecule is CC(C)N1c2cc(CO)ccc2NC(=O)C1C. The van der Waals surface area contributed by atoms with Crippen molar-refractivity contribution in [3.05, 3.63) is 23.8 Å². The number of fused-ring (bicyclic) bond motifs is 1. The summed E-state index contributed by atoms with van der Waals surface area (Å²) in [6, 6.07) is 5.67. The Kier molecular flexibility index (Phi) is 3.07. The van der Waals surface area contributed by atoms with Crippen LogP contribution in [0.2, 0.25) is 0 Å². The summed E-state index contributed by atoms with van der Waals surface area (Å²) in [4.78, 5) is 13.9. The Morgan fingerprint density at radius 3 is 2.76 bits per heavy atom. The van der Waals surface area contributed by atoms with Gasteiger partial charge in [-0.3, -0.25) is 4.79 Å². The molecule has 1 aromatic rings. The molecule has 1 aliphatic heterocycles. The zero-order valence-corrected chi connectivity index (χ0v) is 10.4. The number of anilines is 2. The third-order valence-electron chi connectivity index (χ3n) is 3.13. The van der Waals surface area contributed by atoms with E-state index < -0.39 is 0 Å². The zero-order chi connectivity index (χ0) is 12.6. The molecule has 17 heavy (non-hydrogen) atoms. The first-order valence-corrected chi connectivity index (χ1v) is 5.87. The average Bonchev–Trinajstić information content (AvgIpc) is 2.29. The number of carbonyl (C=O) groups is 1. The van der Waals surface area contributed by atoms with Gasteiger partial charge >= 0.3 is 0 Å². The van der Waals surface area contributed by atoms with Gasteiger partial charge in [0.1, 0.15) is 6.04 Å². The highest BCUT2D eigenvalue weighted by Crippen LogP contribution is 2.34. The van der Waals surface area contributed by atoms with Gasteiger partial charge in [0.2, 0.25) is 5.91 Å². The number of rotatable bonds is 2. The highest BCUT2D eigenvalue weighted by molar-refractivity contribution is 6.03. The fraction of sp³-hybridized carbons (Fsp3) is 0.462. The van der Waals surface area contributed by atoms with Gasteiger partial charge < -0.3 is 15.3 Å². The molecule has 0 spiro atoms. The lowest BCUT2D eigenvalue weighted by Crippen LogP contribution is -2.49. The second-order valence-electron chi connectivity index (χ2n) is 4.68. The first-order valence-electron chi connectivity index (χ1n) is 5.87. The molecule has 92 valence electrons. The van der Waals surface area contributed by atoms with Crippen LogP contribution in [0.15, 0.2) is 18.2 Å². The monoisotopic (exact) mass is 234 g/mol. The molecule has 0 radical (unpaired) electrons. The van der Waals surface area contributed by atoms with E-state index in [0.29, 0.717) is 0 Å². The van der Waals surface area contributed by atoms with Crippen molar-refractivity contribution >= 4 is 17.3 Å². The van der Waals surface area contributed by atoms with E-state index in [2.05, 4.69) is 24.1 Å². The summed E-state index contributed by atoms with van der Waals surface area (Å²) in [6.45, 7) is 6.03. The van der Waals surface area contributed by atoms with Crippen molar-refractivity contribution in [3.63, 3.8) is 0 Å². The van der Waals surface area contributed by atoms with Crippen LogP contribution in [-0.4, -0.2) is 23.1 Å². The number of hydrogen-bond acceptors (Lipinski definition) is 3. The first kappa shape index (κ1) is 11.9. The Bertz CT molecular complexity index is 443. The first-order chi connectivity index (χ1) is 8.04. The third-order valence-corrected chi connectivity index (χ3v) is 3.13. The molecule has 0 aromatic heterocycles. The fourth-order valence-corrected chi connectivity index (χ4v) is 2.29. The van der Waals surface area contributed by atoms with Crippen molar-refractivity contribution in [1.29, 1.82) is 0 Å². The smallest absolute Gasteiger partial charge is 0.246 e. The van der Waals surface area contributed by atoms with Gasteiger partial charge in [0.05, 0.1) is 18.0 Å². The van der Waals surface area contributed by atoms with E-state index in [1.54, 1.807) is 0 Å². The Morgan fingerprint density at radius 2 is 2.18 bits per heavy atom. The minimum Gasteiger partial charge on any atom is -0.392 e. The quantitative estimate of drug-likeness (QED) is 0.819. The van der Waals surface area contributed by atoms with Crippen LogP contribution in [0, 0.1) is 0 Å². The molecule has 2 rings (SSSR count). The summed E-state index contributed by atoms with van der Waals surface area (Å²) in [6.07, 6.45) is 0. The summed E-state index contributed by atoms with van der Waals surface area (Å²) in [5, 5.41) is 12.1. The van der Waals surface area contributed by atoms with E-state index >= 15 is 0 Å². The van der Waals surface area contributed by atoms with Crippen molar-refractivity contribution < 1.29 is 9.90 Å². The second-order valence-corrected chi connectivity index (χ2v) is 4.68. The largest absolute Gasteiger partial charge is 0.392 e. The van der Waals surface area contributed by atoms with Crippen LogP contribution in [0.25, 0.3) is 0 Å². The van der Waals surface area contributed by atoms with E-state index in [-0.39, 0.29) is 24.6 Å². The van der Waals surface area contributed by atoms with E-state index in [9.17, 15) is 9.90 Å². The van der Waals surface area contributed by atoms with Crippen LogP contribution in [0.5, 0.6) is 0 Å². The van der Waals surface area contributed by atoms with E-state index in [1.807, 2.05) is 25.1 Å². The number of carbonyl (C=O) groups excluding carboxylic acids is 1. The molecule has 4 heteroatoms. The Morgan fingerprint density at radius 1 is 1.47 bits per heavy atom. The van der Waals surface area contributed by atoms with Crippen molar-refractivity contribution in [2.45, 2.75) is 39.5 Å². The van der Waals surface area contributed by atoms with E-state index in [0.717, 1.165) is 16.9 Å². The molecule has 2 N–H and O–H groups in total. The van der Waals surface area contributed by atoms with Crippen molar-refractivity contribution in [1.82, 2.24) is 0 Å². The van der Waals surface area contributed by atoms with E-state index in [4.69, 9.17) is 0 Å². The predicted molar refractivity (Wildman–Crippen MR) is 68.1 cm³/mol. The molecule has 0 aliphatic carbocycles. The fourth-order valence-electron chi connectivity index (χ4n) is 2.29. The molecular weight excluding hydrogens is 216 g/mol. The van der Waals surface area contributed by atoms with Crippen molar-refractivity contribution in [2.75, 3.05) is 10.2 Å². The topological polar surface area (TPSA) is 52.6 Å². The lowest BCUT2D eigenvalue weighted by molar-refractivity contribution is -0.117. The highest BCUT2D eigenvalue weighted by Gasteiger charge is 2.30. The summed E-state index contributed by atoms with van der Waals surface area (Å²) in [5.74, 6) is 0.0166. The lowest BCUT2D eigenvalue weighted by Gasteiger charge is -2.39. The van der Waals surface area contributed by atoms with Crippen LogP contribution in [-0.2, 0) is 11.4 Å². The number of hydrogen-bond donors (Lipinski definition) is 2. The number of benzene rings is 1. The molecule has 0 saturated carbocycles. The lowest BCUT2D eigenvalue weighted by atomic mass is 10.0. The van der Waals surface area contributed by atoms with Crippen LogP contribution in [0.1, 0.15) is 26.3 Å². The van der Waals surface area contributed by atoms with Crippen LogP contribution < -0.4 is 10.2 Å². The summed E-state index contributed by atoms with van der Waals surface area (Å²) >= 11 is 0. The minimum absolute atomic E-state index is 0.0154. The predicted octanol–water partition coefficient (Wildman–Crippen LogP) is 1.73. The van der Waals surface area contributed by atoms with Gasteiger partial charge in [-0.1, -0.05) is 6.07 Å². The number of aliphatic hydroxyl groups excluding tert-OH is 1. The van der Waals surface area contributed by atoms with Gasteiger partial charge in [-0.15, -0.1) is 0 Å². The number of nitrogens with zero attached hydrogens (tertiary/aromatic N) is 1. The van der Waals surface area contributed by atoms with Crippen LogP contribution >= 0.6 is 0 Å². The molecule has 0 fully saturated rings.